The van der Waals surface area contributed by atoms with Crippen LogP contribution in [0.4, 0.5) is 20.1 Å². The number of carbonyl (C=O) groups excluding carboxylic acids is 3. The topological polar surface area (TPSA) is 198 Å². The van der Waals surface area contributed by atoms with E-state index in [9.17, 15) is 14.4 Å². The van der Waals surface area contributed by atoms with Gasteiger partial charge in [0.05, 0.1) is 36.9 Å². The van der Waals surface area contributed by atoms with E-state index in [4.69, 9.17) is 24.7 Å². The number of carbonyl (C=O) groups is 3. The Hall–Kier alpha value is -7.00. The lowest BCUT2D eigenvalue weighted by atomic mass is 10.2. The Morgan fingerprint density at radius 2 is 1.17 bits per heavy atom. The van der Waals surface area contributed by atoms with Crippen molar-refractivity contribution in [3.63, 3.8) is 0 Å². The van der Waals surface area contributed by atoms with Crippen LogP contribution >= 0.6 is 0 Å². The molecule has 0 amide bonds. The Morgan fingerprint density at radius 3 is 1.61 bits per heavy atom. The number of nitrogens with zero attached hydrogens (tertiary/aromatic N) is 7. The third-order valence-electron chi connectivity index (χ3n) is 6.77. The van der Waals surface area contributed by atoms with Crippen LogP contribution in [-0.2, 0) is 31.8 Å². The molecule has 0 aliphatic rings. The number of hydrogen-bond acceptors (Lipinski definition) is 13. The standard InChI is InChI=1S/C16H17N3O2.C11H9N3.C10H18O5.C7H10N2/c1-16(2,3)21-15(20)19-13(9-10-17)11-18-14(19)12-7-5-4-6-8-12;12-7-6-10-8-13-11(14-10)9-4-2-1-3-5-9;1-9(2,3)14-7(11)13-8(12)15-10(4,5)6;1-9(2)7-3-5-8-6-4-7/h4-8,11H,9H2,1-3H3;1-5,8H,6H2,(H,13,14);1-6H3;3-6H,1-2H3. The van der Waals surface area contributed by atoms with Gasteiger partial charge in [-0.25, -0.2) is 28.9 Å². The maximum atomic E-state index is 12.4. The van der Waals surface area contributed by atoms with Crippen molar-refractivity contribution in [1.82, 2.24) is 24.5 Å². The van der Waals surface area contributed by atoms with Gasteiger partial charge in [0, 0.05) is 55.2 Å². The van der Waals surface area contributed by atoms with Gasteiger partial charge in [0.15, 0.2) is 0 Å². The molecule has 0 saturated carbocycles. The molecule has 2 aromatic carbocycles. The number of H-pyrrole nitrogens is 1. The first-order valence-corrected chi connectivity index (χ1v) is 18.5. The Morgan fingerprint density at radius 1 is 0.678 bits per heavy atom. The molecular weight excluding hydrogens is 753 g/mol. The first-order valence-electron chi connectivity index (χ1n) is 18.5. The number of nitriles is 2. The van der Waals surface area contributed by atoms with Gasteiger partial charge < -0.3 is 28.8 Å². The minimum atomic E-state index is -1.06. The summed E-state index contributed by atoms with van der Waals surface area (Å²) < 4.78 is 20.6. The molecule has 312 valence electrons. The zero-order valence-electron chi connectivity index (χ0n) is 35.6. The highest BCUT2D eigenvalue weighted by atomic mass is 16.8. The Balaban J connectivity index is 0.000000282. The predicted molar refractivity (Wildman–Crippen MR) is 224 cm³/mol. The maximum absolute atomic E-state index is 12.4. The van der Waals surface area contributed by atoms with E-state index in [0.29, 0.717) is 17.9 Å². The lowest BCUT2D eigenvalue weighted by Crippen LogP contribution is -2.29. The fourth-order valence-corrected chi connectivity index (χ4v) is 4.42. The van der Waals surface area contributed by atoms with Gasteiger partial charge in [-0.3, -0.25) is 4.98 Å². The molecule has 0 radical (unpaired) electrons. The van der Waals surface area contributed by atoms with Gasteiger partial charge in [-0.05, 0) is 74.4 Å². The minimum Gasteiger partial charge on any atom is -0.443 e. The summed E-state index contributed by atoms with van der Waals surface area (Å²) in [7, 11) is 4.02. The summed E-state index contributed by atoms with van der Waals surface area (Å²) in [5, 5.41) is 17.4. The molecule has 0 unspecified atom stereocenters. The second-order valence-corrected chi connectivity index (χ2v) is 15.7. The van der Waals surface area contributed by atoms with Crippen molar-refractivity contribution in [1.29, 1.82) is 10.5 Å². The predicted octanol–water partition coefficient (Wildman–Crippen LogP) is 9.56. The second kappa shape index (κ2) is 22.7. The van der Waals surface area contributed by atoms with Crippen molar-refractivity contribution < 1.29 is 33.3 Å². The zero-order valence-corrected chi connectivity index (χ0v) is 35.6. The zero-order chi connectivity index (χ0) is 44.2. The van der Waals surface area contributed by atoms with Crippen LogP contribution in [0.15, 0.2) is 97.6 Å². The molecule has 0 aliphatic carbocycles. The summed E-state index contributed by atoms with van der Waals surface area (Å²) in [6.45, 7) is 15.4. The van der Waals surface area contributed by atoms with E-state index < -0.39 is 35.2 Å². The monoisotopic (exact) mass is 806 g/mol. The van der Waals surface area contributed by atoms with Gasteiger partial charge in [-0.15, -0.1) is 0 Å². The third kappa shape index (κ3) is 19.1. The second-order valence-electron chi connectivity index (χ2n) is 15.7. The molecule has 0 saturated heterocycles. The van der Waals surface area contributed by atoms with Gasteiger partial charge in [-0.2, -0.15) is 10.5 Å². The van der Waals surface area contributed by atoms with Gasteiger partial charge in [0.25, 0.3) is 0 Å². The first-order chi connectivity index (χ1) is 27.6. The number of anilines is 1. The number of aromatic nitrogens is 5. The van der Waals surface area contributed by atoms with Crippen LogP contribution in [0, 0.1) is 22.7 Å². The number of nitrogens with one attached hydrogen (secondary N) is 1. The quantitative estimate of drug-likeness (QED) is 0.100. The van der Waals surface area contributed by atoms with Crippen LogP contribution in [0.1, 0.15) is 73.7 Å². The van der Waals surface area contributed by atoms with Crippen molar-refractivity contribution >= 4 is 24.1 Å². The molecule has 15 heteroatoms. The summed E-state index contributed by atoms with van der Waals surface area (Å²) in [6.07, 6.45) is 4.64. The summed E-state index contributed by atoms with van der Waals surface area (Å²) in [4.78, 5) is 51.9. The molecule has 0 fully saturated rings. The number of pyridine rings is 1. The third-order valence-corrected chi connectivity index (χ3v) is 6.77. The largest absolute Gasteiger partial charge is 0.519 e. The molecule has 3 heterocycles. The lowest BCUT2D eigenvalue weighted by molar-refractivity contribution is -0.0294. The van der Waals surface area contributed by atoms with Gasteiger partial charge in [-0.1, -0.05) is 60.7 Å². The normalized spacial score (nSPS) is 10.6. The minimum absolute atomic E-state index is 0.0963. The Kier molecular flexibility index (Phi) is 18.5. The number of benzene rings is 2. The summed E-state index contributed by atoms with van der Waals surface area (Å²) in [5.74, 6) is 1.30. The van der Waals surface area contributed by atoms with Crippen molar-refractivity contribution in [3.8, 4) is 34.9 Å². The van der Waals surface area contributed by atoms with E-state index >= 15 is 0 Å². The van der Waals surface area contributed by atoms with Crippen molar-refractivity contribution in [2.45, 2.75) is 92.0 Å². The maximum Gasteiger partial charge on any atom is 0.519 e. The van der Waals surface area contributed by atoms with Crippen LogP contribution in [0.2, 0.25) is 0 Å². The number of rotatable bonds is 5. The molecular formula is C44H54N8O7. The fourth-order valence-electron chi connectivity index (χ4n) is 4.42. The molecule has 5 rings (SSSR count). The first kappa shape index (κ1) is 48.1. The molecule has 3 aromatic heterocycles. The van der Waals surface area contributed by atoms with Gasteiger partial charge in [0.2, 0.25) is 0 Å². The van der Waals surface area contributed by atoms with E-state index in [-0.39, 0.29) is 6.42 Å². The molecule has 15 nitrogen and oxygen atoms in total. The van der Waals surface area contributed by atoms with Crippen LogP contribution in [0.3, 0.4) is 0 Å². The van der Waals surface area contributed by atoms with E-state index in [1.165, 1.54) is 16.5 Å². The number of aromatic amines is 1. The van der Waals surface area contributed by atoms with E-state index in [2.05, 4.69) is 30.7 Å². The summed E-state index contributed by atoms with van der Waals surface area (Å²) >= 11 is 0. The highest BCUT2D eigenvalue weighted by molar-refractivity contribution is 5.78. The molecule has 0 spiro atoms. The summed E-state index contributed by atoms with van der Waals surface area (Å²) in [6, 6.07) is 27.3. The molecule has 0 atom stereocenters. The number of hydrogen-bond donors (Lipinski definition) is 1. The molecule has 5 aromatic rings. The smallest absolute Gasteiger partial charge is 0.443 e. The molecule has 1 N–H and O–H groups in total. The number of imidazole rings is 2. The lowest BCUT2D eigenvalue weighted by Gasteiger charge is -2.21. The highest BCUT2D eigenvalue weighted by Crippen LogP contribution is 2.22. The van der Waals surface area contributed by atoms with E-state index in [1.54, 1.807) is 80.9 Å². The van der Waals surface area contributed by atoms with Gasteiger partial charge in [0.1, 0.15) is 28.5 Å². The number of ether oxygens (including phenoxy) is 4. The van der Waals surface area contributed by atoms with E-state index in [1.807, 2.05) is 97.9 Å². The molecule has 0 bridgehead atoms. The fraction of sp³-hybridized carbons (Fsp3) is 0.364. The van der Waals surface area contributed by atoms with Crippen molar-refractivity contribution in [3.05, 3.63) is 109 Å². The van der Waals surface area contributed by atoms with Crippen LogP contribution < -0.4 is 4.90 Å². The van der Waals surface area contributed by atoms with Crippen molar-refractivity contribution in [2.75, 3.05) is 19.0 Å². The summed E-state index contributed by atoms with van der Waals surface area (Å²) in [5.41, 5.74) is 2.39. The Bertz CT molecular complexity index is 2110. The average Bonchev–Trinajstić information content (AvgIpc) is 3.79. The van der Waals surface area contributed by atoms with Gasteiger partial charge >= 0.3 is 18.4 Å². The van der Waals surface area contributed by atoms with Crippen LogP contribution in [-0.4, -0.2) is 73.8 Å². The SMILES string of the molecule is CC(C)(C)OC(=O)OC(=O)OC(C)(C)C.CC(C)(C)OC(=O)n1c(CC#N)cnc1-c1ccccc1.CN(C)c1ccncc1.N#CCc1cnc(-c2ccccc2)[nH]1. The van der Waals surface area contributed by atoms with Crippen molar-refractivity contribution in [2.24, 2.45) is 0 Å². The highest BCUT2D eigenvalue weighted by Gasteiger charge is 2.25. The van der Waals surface area contributed by atoms with Crippen LogP contribution in [0.25, 0.3) is 22.8 Å². The Labute approximate surface area is 346 Å². The van der Waals surface area contributed by atoms with E-state index in [0.717, 1.165) is 22.6 Å². The molecule has 59 heavy (non-hydrogen) atoms. The molecule has 0 aliphatic heterocycles. The average molecular weight is 807 g/mol. The van der Waals surface area contributed by atoms with Crippen LogP contribution in [0.5, 0.6) is 0 Å².